The van der Waals surface area contributed by atoms with Crippen molar-refractivity contribution in [2.75, 3.05) is 19.0 Å². The monoisotopic (exact) mass is 339 g/mol. The van der Waals surface area contributed by atoms with E-state index in [0.717, 1.165) is 4.88 Å². The van der Waals surface area contributed by atoms with Crippen LogP contribution in [0.4, 0.5) is 5.69 Å². The number of carbonyl (C=O) groups excluding carboxylic acids is 1. The van der Waals surface area contributed by atoms with Crippen molar-refractivity contribution in [1.29, 1.82) is 0 Å². The van der Waals surface area contributed by atoms with Gasteiger partial charge in [0.25, 0.3) is 5.91 Å². The first kappa shape index (κ1) is 16.1. The van der Waals surface area contributed by atoms with Gasteiger partial charge in [0.05, 0.1) is 17.7 Å². The number of thiophene rings is 1. The molecule has 0 bridgehead atoms. The van der Waals surface area contributed by atoms with Gasteiger partial charge in [0.2, 0.25) is 0 Å². The molecule has 6 nitrogen and oxygen atoms in total. The van der Waals surface area contributed by atoms with Crippen molar-refractivity contribution in [2.24, 2.45) is 10.9 Å². The molecule has 116 valence electrons. The van der Waals surface area contributed by atoms with Crippen LogP contribution < -0.4 is 15.8 Å². The molecule has 0 saturated carbocycles. The number of hydrogen-bond donors (Lipinski definition) is 2. The smallest absolute Gasteiger partial charge is 0.265 e. The summed E-state index contributed by atoms with van der Waals surface area (Å²) >= 11 is 7.32. The van der Waals surface area contributed by atoms with Crippen LogP contribution in [0.3, 0.4) is 0 Å². The Morgan fingerprint density at radius 1 is 1.45 bits per heavy atom. The van der Waals surface area contributed by atoms with Crippen LogP contribution in [0.1, 0.15) is 4.88 Å². The molecular formula is C14H14ClN3O3S. The number of amides is 1. The fourth-order valence-electron chi connectivity index (χ4n) is 1.59. The maximum Gasteiger partial charge on any atom is 0.265 e. The lowest BCUT2D eigenvalue weighted by Crippen LogP contribution is -2.19. The molecule has 3 N–H and O–H groups in total. The van der Waals surface area contributed by atoms with Gasteiger partial charge in [-0.1, -0.05) is 22.8 Å². The number of carbonyl (C=O) groups is 1. The third-order valence-electron chi connectivity index (χ3n) is 2.57. The van der Waals surface area contributed by atoms with Crippen LogP contribution in [0.5, 0.6) is 5.75 Å². The summed E-state index contributed by atoms with van der Waals surface area (Å²) in [6.07, 6.45) is 0. The van der Waals surface area contributed by atoms with Crippen LogP contribution in [-0.2, 0) is 9.63 Å². The fraction of sp³-hybridized carbons (Fsp3) is 0.143. The minimum atomic E-state index is -0.400. The maximum atomic E-state index is 11.8. The number of hydrogen-bond acceptors (Lipinski definition) is 5. The van der Waals surface area contributed by atoms with Crippen LogP contribution in [0.2, 0.25) is 5.02 Å². The second-order valence-corrected chi connectivity index (χ2v) is 5.50. The highest BCUT2D eigenvalue weighted by Gasteiger charge is 2.09. The quantitative estimate of drug-likeness (QED) is 0.481. The van der Waals surface area contributed by atoms with Crippen molar-refractivity contribution in [3.63, 3.8) is 0 Å². The first-order valence-electron chi connectivity index (χ1n) is 6.23. The van der Waals surface area contributed by atoms with E-state index in [1.54, 1.807) is 18.2 Å². The predicted octanol–water partition coefficient (Wildman–Crippen LogP) is 2.69. The van der Waals surface area contributed by atoms with Crippen LogP contribution >= 0.6 is 22.9 Å². The number of nitrogens with two attached hydrogens (primary N) is 1. The summed E-state index contributed by atoms with van der Waals surface area (Å²) in [5.74, 6) is 0.325. The minimum absolute atomic E-state index is 0.225. The van der Waals surface area contributed by atoms with Gasteiger partial charge in [0.1, 0.15) is 5.75 Å². The Morgan fingerprint density at radius 3 is 2.95 bits per heavy atom. The minimum Gasteiger partial charge on any atom is -0.495 e. The van der Waals surface area contributed by atoms with Crippen molar-refractivity contribution < 1.29 is 14.4 Å². The van der Waals surface area contributed by atoms with Crippen molar-refractivity contribution in [3.05, 3.63) is 45.6 Å². The Hall–Kier alpha value is -2.25. The molecule has 0 radical (unpaired) electrons. The van der Waals surface area contributed by atoms with E-state index in [-0.39, 0.29) is 12.4 Å². The summed E-state index contributed by atoms with van der Waals surface area (Å²) in [6.45, 7) is -0.276. The molecule has 2 aromatic rings. The molecule has 1 aromatic carbocycles. The Bertz CT molecular complexity index is 674. The first-order chi connectivity index (χ1) is 10.6. The molecule has 1 aromatic heterocycles. The van der Waals surface area contributed by atoms with E-state index in [4.69, 9.17) is 26.9 Å². The molecule has 1 heterocycles. The summed E-state index contributed by atoms with van der Waals surface area (Å²) < 4.78 is 5.13. The summed E-state index contributed by atoms with van der Waals surface area (Å²) in [4.78, 5) is 17.5. The number of anilines is 1. The third kappa shape index (κ3) is 4.37. The Labute approximate surface area is 136 Å². The van der Waals surface area contributed by atoms with Gasteiger partial charge < -0.3 is 20.6 Å². The largest absolute Gasteiger partial charge is 0.495 e. The van der Waals surface area contributed by atoms with Crippen LogP contribution in [0.25, 0.3) is 0 Å². The maximum absolute atomic E-state index is 11.8. The van der Waals surface area contributed by atoms with Gasteiger partial charge in [-0.2, -0.15) is 0 Å². The average molecular weight is 340 g/mol. The van der Waals surface area contributed by atoms with Crippen molar-refractivity contribution >= 4 is 40.4 Å². The van der Waals surface area contributed by atoms with E-state index < -0.39 is 5.91 Å². The van der Waals surface area contributed by atoms with Crippen molar-refractivity contribution in [3.8, 4) is 5.75 Å². The molecule has 0 spiro atoms. The Morgan fingerprint density at radius 2 is 2.27 bits per heavy atom. The zero-order valence-electron chi connectivity index (χ0n) is 11.7. The predicted molar refractivity (Wildman–Crippen MR) is 87.6 cm³/mol. The van der Waals surface area contributed by atoms with Crippen LogP contribution in [0.15, 0.2) is 40.9 Å². The van der Waals surface area contributed by atoms with Crippen molar-refractivity contribution in [1.82, 2.24) is 0 Å². The van der Waals surface area contributed by atoms with Gasteiger partial charge >= 0.3 is 0 Å². The number of amidine groups is 1. The molecule has 0 aliphatic carbocycles. The van der Waals surface area contributed by atoms with Gasteiger partial charge in [0, 0.05) is 5.02 Å². The second kappa shape index (κ2) is 7.67. The number of oxime groups is 1. The lowest BCUT2D eigenvalue weighted by atomic mass is 10.3. The number of benzene rings is 1. The molecule has 0 atom stereocenters. The number of nitrogens with zero attached hydrogens (tertiary/aromatic N) is 1. The topological polar surface area (TPSA) is 85.9 Å². The highest BCUT2D eigenvalue weighted by atomic mass is 35.5. The summed E-state index contributed by atoms with van der Waals surface area (Å²) in [7, 11) is 1.50. The summed E-state index contributed by atoms with van der Waals surface area (Å²) in [5.41, 5.74) is 6.17. The molecular weight excluding hydrogens is 326 g/mol. The van der Waals surface area contributed by atoms with E-state index in [2.05, 4.69) is 10.5 Å². The summed E-state index contributed by atoms with van der Waals surface area (Å²) in [5, 5.41) is 8.68. The Kier molecular flexibility index (Phi) is 5.62. The Balaban J connectivity index is 1.91. The van der Waals surface area contributed by atoms with Gasteiger partial charge in [-0.25, -0.2) is 0 Å². The van der Waals surface area contributed by atoms with E-state index in [1.807, 2.05) is 17.5 Å². The van der Waals surface area contributed by atoms with Gasteiger partial charge in [0.15, 0.2) is 12.4 Å². The second-order valence-electron chi connectivity index (χ2n) is 4.12. The molecule has 0 unspecified atom stereocenters. The van der Waals surface area contributed by atoms with Gasteiger partial charge in [-0.05, 0) is 29.6 Å². The molecule has 0 fully saturated rings. The third-order valence-corrected chi connectivity index (χ3v) is 3.70. The molecule has 2 rings (SSSR count). The molecule has 0 aliphatic heterocycles. The average Bonchev–Trinajstić information content (AvgIpc) is 3.01. The number of rotatable bonds is 6. The standard InChI is InChI=1S/C14H14ClN3O3S/c1-20-11-5-4-9(15)7-10(11)17-13(19)8-21-18-14(16)12-3-2-6-22-12/h2-7H,8H2,1H3,(H2,16,18)(H,17,19). The zero-order chi connectivity index (χ0) is 15.9. The molecule has 0 saturated heterocycles. The normalized spacial score (nSPS) is 11.1. The highest BCUT2D eigenvalue weighted by molar-refractivity contribution is 7.12. The molecule has 8 heteroatoms. The van der Waals surface area contributed by atoms with E-state index >= 15 is 0 Å². The van der Waals surface area contributed by atoms with Crippen LogP contribution in [-0.4, -0.2) is 25.5 Å². The number of ether oxygens (including phenoxy) is 1. The van der Waals surface area contributed by atoms with E-state index in [1.165, 1.54) is 18.4 Å². The molecule has 1 amide bonds. The fourth-order valence-corrected chi connectivity index (χ4v) is 2.38. The number of halogens is 1. The first-order valence-corrected chi connectivity index (χ1v) is 7.48. The zero-order valence-corrected chi connectivity index (χ0v) is 13.3. The SMILES string of the molecule is COc1ccc(Cl)cc1NC(=O)CO/N=C(\N)c1cccs1. The number of methoxy groups -OCH3 is 1. The van der Waals surface area contributed by atoms with Gasteiger partial charge in [-0.3, -0.25) is 4.79 Å². The van der Waals surface area contributed by atoms with Crippen molar-refractivity contribution in [2.45, 2.75) is 0 Å². The lowest BCUT2D eigenvalue weighted by Gasteiger charge is -2.10. The van der Waals surface area contributed by atoms with E-state index in [9.17, 15) is 4.79 Å². The summed E-state index contributed by atoms with van der Waals surface area (Å²) in [6, 6.07) is 8.57. The molecule has 22 heavy (non-hydrogen) atoms. The van der Waals surface area contributed by atoms with E-state index in [0.29, 0.717) is 16.5 Å². The van der Waals surface area contributed by atoms with Crippen LogP contribution in [0, 0.1) is 0 Å². The van der Waals surface area contributed by atoms with Gasteiger partial charge in [-0.15, -0.1) is 11.3 Å². The highest BCUT2D eigenvalue weighted by Crippen LogP contribution is 2.27. The molecule has 0 aliphatic rings. The lowest BCUT2D eigenvalue weighted by molar-refractivity contribution is -0.120. The number of nitrogens with one attached hydrogen (secondary N) is 1.